The smallest absolute Gasteiger partial charge is 0.338 e. The number of carboxylic acid groups (broad SMARTS) is 1. The van der Waals surface area contributed by atoms with Gasteiger partial charge in [0.25, 0.3) is 0 Å². The molecule has 0 atom stereocenters. The number of rotatable bonds is 4. The molecule has 6 heteroatoms. The largest absolute Gasteiger partial charge is 0.478 e. The summed E-state index contributed by atoms with van der Waals surface area (Å²) in [6.45, 7) is 2.21. The first-order chi connectivity index (χ1) is 12.7. The summed E-state index contributed by atoms with van der Waals surface area (Å²) in [6, 6.07) is 9.51. The molecule has 3 aromatic rings. The molecule has 26 heavy (non-hydrogen) atoms. The maximum absolute atomic E-state index is 12.0. The highest BCUT2D eigenvalue weighted by Gasteiger charge is 2.26. The Hall–Kier alpha value is -3.12. The van der Waals surface area contributed by atoms with E-state index < -0.39 is 5.97 Å². The maximum atomic E-state index is 12.0. The minimum Gasteiger partial charge on any atom is -0.478 e. The van der Waals surface area contributed by atoms with Gasteiger partial charge in [0.15, 0.2) is 0 Å². The number of hydrogen-bond donors (Lipinski definition) is 1. The third kappa shape index (κ3) is 3.19. The molecule has 0 bridgehead atoms. The van der Waals surface area contributed by atoms with Crippen LogP contribution in [0.4, 0.5) is 0 Å². The normalized spacial score (nSPS) is 14.0. The van der Waals surface area contributed by atoms with E-state index in [4.69, 9.17) is 0 Å². The molecule has 0 unspecified atom stereocenters. The van der Waals surface area contributed by atoms with Gasteiger partial charge >= 0.3 is 5.97 Å². The van der Waals surface area contributed by atoms with E-state index in [1.165, 1.54) is 0 Å². The first-order valence-corrected chi connectivity index (χ1v) is 8.49. The van der Waals surface area contributed by atoms with Crippen LogP contribution in [0.15, 0.2) is 55.1 Å². The molecule has 0 aliphatic carbocycles. The van der Waals surface area contributed by atoms with Crippen molar-refractivity contribution in [2.45, 2.75) is 19.5 Å². The molecule has 1 aliphatic rings. The van der Waals surface area contributed by atoms with Crippen molar-refractivity contribution in [3.8, 4) is 11.3 Å². The van der Waals surface area contributed by atoms with Crippen molar-refractivity contribution in [3.05, 3.63) is 77.5 Å². The molecule has 4 rings (SSSR count). The first-order valence-electron chi connectivity index (χ1n) is 8.49. The van der Waals surface area contributed by atoms with E-state index in [1.807, 2.05) is 24.3 Å². The molecule has 0 spiro atoms. The Labute approximate surface area is 151 Å². The quantitative estimate of drug-likeness (QED) is 0.782. The van der Waals surface area contributed by atoms with E-state index in [0.717, 1.165) is 35.5 Å². The van der Waals surface area contributed by atoms with Gasteiger partial charge in [-0.05, 0) is 41.8 Å². The summed E-state index contributed by atoms with van der Waals surface area (Å²) in [5.41, 5.74) is 4.37. The van der Waals surface area contributed by atoms with Gasteiger partial charge in [-0.2, -0.15) is 0 Å². The molecule has 0 saturated heterocycles. The summed E-state index contributed by atoms with van der Waals surface area (Å²) >= 11 is 0. The van der Waals surface area contributed by atoms with Crippen molar-refractivity contribution in [1.82, 2.24) is 19.9 Å². The van der Waals surface area contributed by atoms with Crippen molar-refractivity contribution in [1.29, 1.82) is 0 Å². The van der Waals surface area contributed by atoms with Gasteiger partial charge in [-0.15, -0.1) is 0 Å². The van der Waals surface area contributed by atoms with E-state index in [0.29, 0.717) is 24.2 Å². The Morgan fingerprint density at radius 2 is 2.04 bits per heavy atom. The number of carbonyl (C=O) groups is 1. The number of pyridine rings is 3. The van der Waals surface area contributed by atoms with Gasteiger partial charge in [0.2, 0.25) is 0 Å². The standard InChI is InChI=1S/C20H18N4O2/c25-20(26)18-17-6-9-24(13-16-5-1-2-8-22-16)12-15(17)11-23-19(18)14-4-3-7-21-10-14/h1-5,7-8,10-11H,6,9,12-13H2,(H,25,26). The molecule has 1 aliphatic heterocycles. The predicted molar refractivity (Wildman–Crippen MR) is 96.5 cm³/mol. The number of hydrogen-bond acceptors (Lipinski definition) is 5. The van der Waals surface area contributed by atoms with Crippen LogP contribution in [0.2, 0.25) is 0 Å². The van der Waals surface area contributed by atoms with Crippen molar-refractivity contribution < 1.29 is 9.90 Å². The average Bonchev–Trinajstić information content (AvgIpc) is 2.68. The zero-order chi connectivity index (χ0) is 17.9. The van der Waals surface area contributed by atoms with Gasteiger partial charge in [0.1, 0.15) is 0 Å². The monoisotopic (exact) mass is 346 g/mol. The van der Waals surface area contributed by atoms with Gasteiger partial charge < -0.3 is 5.11 Å². The lowest BCUT2D eigenvalue weighted by Gasteiger charge is -2.29. The minimum absolute atomic E-state index is 0.299. The molecule has 0 aromatic carbocycles. The highest BCUT2D eigenvalue weighted by atomic mass is 16.4. The maximum Gasteiger partial charge on any atom is 0.338 e. The molecule has 0 saturated carbocycles. The second kappa shape index (κ2) is 7.01. The van der Waals surface area contributed by atoms with Gasteiger partial charge in [0.05, 0.1) is 17.0 Å². The number of nitrogens with zero attached hydrogens (tertiary/aromatic N) is 4. The lowest BCUT2D eigenvalue weighted by molar-refractivity contribution is 0.0695. The summed E-state index contributed by atoms with van der Waals surface area (Å²) in [7, 11) is 0. The van der Waals surface area contributed by atoms with Crippen molar-refractivity contribution in [2.75, 3.05) is 6.54 Å². The second-order valence-corrected chi connectivity index (χ2v) is 6.31. The van der Waals surface area contributed by atoms with Crippen LogP contribution in [0.25, 0.3) is 11.3 Å². The summed E-state index contributed by atoms with van der Waals surface area (Å²) in [6.07, 6.45) is 7.58. The van der Waals surface area contributed by atoms with Crippen LogP contribution in [0.3, 0.4) is 0 Å². The lowest BCUT2D eigenvalue weighted by Crippen LogP contribution is -2.32. The van der Waals surface area contributed by atoms with E-state index in [-0.39, 0.29) is 0 Å². The van der Waals surface area contributed by atoms with Crippen molar-refractivity contribution in [2.24, 2.45) is 0 Å². The molecule has 0 amide bonds. The fourth-order valence-corrected chi connectivity index (χ4v) is 3.41. The fraction of sp³-hybridized carbons (Fsp3) is 0.200. The van der Waals surface area contributed by atoms with Crippen LogP contribution < -0.4 is 0 Å². The van der Waals surface area contributed by atoms with Crippen LogP contribution in [0, 0.1) is 0 Å². The average molecular weight is 346 g/mol. The van der Waals surface area contributed by atoms with Gasteiger partial charge in [0, 0.05) is 50.0 Å². The van der Waals surface area contributed by atoms with E-state index in [2.05, 4.69) is 19.9 Å². The topological polar surface area (TPSA) is 79.2 Å². The Balaban J connectivity index is 1.67. The molecule has 4 heterocycles. The number of aromatic carboxylic acids is 1. The van der Waals surface area contributed by atoms with Crippen LogP contribution >= 0.6 is 0 Å². The Morgan fingerprint density at radius 3 is 2.77 bits per heavy atom. The Morgan fingerprint density at radius 1 is 1.12 bits per heavy atom. The Bertz CT molecular complexity index is 929. The summed E-state index contributed by atoms with van der Waals surface area (Å²) in [4.78, 5) is 27.1. The summed E-state index contributed by atoms with van der Waals surface area (Å²) in [5.74, 6) is -0.939. The van der Waals surface area contributed by atoms with Gasteiger partial charge in [-0.3, -0.25) is 19.9 Å². The first kappa shape index (κ1) is 16.4. The van der Waals surface area contributed by atoms with Crippen LogP contribution in [-0.2, 0) is 19.5 Å². The second-order valence-electron chi connectivity index (χ2n) is 6.31. The van der Waals surface area contributed by atoms with Crippen LogP contribution in [-0.4, -0.2) is 37.5 Å². The third-order valence-electron chi connectivity index (χ3n) is 4.61. The molecule has 0 radical (unpaired) electrons. The lowest BCUT2D eigenvalue weighted by atomic mass is 9.93. The minimum atomic E-state index is -0.939. The van der Waals surface area contributed by atoms with Gasteiger partial charge in [-0.1, -0.05) is 6.07 Å². The van der Waals surface area contributed by atoms with E-state index in [9.17, 15) is 9.90 Å². The van der Waals surface area contributed by atoms with E-state index >= 15 is 0 Å². The number of aromatic nitrogens is 3. The van der Waals surface area contributed by atoms with Crippen LogP contribution in [0.5, 0.6) is 0 Å². The summed E-state index contributed by atoms with van der Waals surface area (Å²) < 4.78 is 0. The molecular formula is C20H18N4O2. The summed E-state index contributed by atoms with van der Waals surface area (Å²) in [5, 5.41) is 9.80. The highest BCUT2D eigenvalue weighted by Crippen LogP contribution is 2.29. The fourth-order valence-electron chi connectivity index (χ4n) is 3.41. The number of fused-ring (bicyclic) bond motifs is 1. The molecular weight excluding hydrogens is 328 g/mol. The Kier molecular flexibility index (Phi) is 4.41. The zero-order valence-corrected chi connectivity index (χ0v) is 14.2. The molecule has 0 fully saturated rings. The van der Waals surface area contributed by atoms with E-state index in [1.54, 1.807) is 30.9 Å². The van der Waals surface area contributed by atoms with Gasteiger partial charge in [-0.25, -0.2) is 4.79 Å². The molecule has 1 N–H and O–H groups in total. The predicted octanol–water partition coefficient (Wildman–Crippen LogP) is 2.80. The molecule has 130 valence electrons. The number of carboxylic acids is 1. The third-order valence-corrected chi connectivity index (χ3v) is 4.61. The highest BCUT2D eigenvalue weighted by molar-refractivity contribution is 5.96. The molecule has 3 aromatic heterocycles. The molecule has 6 nitrogen and oxygen atoms in total. The SMILES string of the molecule is O=C(O)c1c(-c2cccnc2)ncc2c1CCN(Cc1ccccn1)C2. The van der Waals surface area contributed by atoms with Crippen LogP contribution in [0.1, 0.15) is 27.2 Å². The van der Waals surface area contributed by atoms with Crippen molar-refractivity contribution in [3.63, 3.8) is 0 Å². The van der Waals surface area contributed by atoms with Crippen molar-refractivity contribution >= 4 is 5.97 Å². The zero-order valence-electron chi connectivity index (χ0n) is 14.2.